The number of fused-ring (bicyclic) bond motifs is 4. The first-order chi connectivity index (χ1) is 37.9. The summed E-state index contributed by atoms with van der Waals surface area (Å²) in [5.74, 6) is -5.38. The Morgan fingerprint density at radius 1 is 0.430 bits per heavy atom. The number of nitrogens with zero attached hydrogens (tertiary/aromatic N) is 4. The van der Waals surface area contributed by atoms with Gasteiger partial charge < -0.3 is 14.5 Å². The van der Waals surface area contributed by atoms with Gasteiger partial charge in [0.05, 0.1) is 39.2 Å². The predicted molar refractivity (Wildman–Crippen MR) is 306 cm³/mol. The molecule has 0 radical (unpaired) electrons. The van der Waals surface area contributed by atoms with Crippen LogP contribution in [0.3, 0.4) is 0 Å². The Balaban J connectivity index is 1.07. The van der Waals surface area contributed by atoms with Crippen molar-refractivity contribution in [2.75, 3.05) is 16.5 Å². The Morgan fingerprint density at radius 2 is 0.975 bits per heavy atom. The lowest BCUT2D eigenvalue weighted by molar-refractivity contribution is 0.483. The zero-order valence-electron chi connectivity index (χ0n) is 44.1. The maximum absolute atomic E-state index is 16.4. The first-order valence-corrected chi connectivity index (χ1v) is 26.0. The van der Waals surface area contributed by atoms with Crippen molar-refractivity contribution in [3.8, 4) is 61.8 Å². The zero-order chi connectivity index (χ0) is 55.1. The van der Waals surface area contributed by atoms with Gasteiger partial charge in [0, 0.05) is 70.2 Å². The van der Waals surface area contributed by atoms with Gasteiger partial charge in [0.15, 0.2) is 0 Å². The van der Waals surface area contributed by atoms with Gasteiger partial charge in [0.25, 0.3) is 0 Å². The number of para-hydroxylation sites is 3. The van der Waals surface area contributed by atoms with Crippen molar-refractivity contribution in [3.05, 3.63) is 240 Å². The first kappa shape index (κ1) is 50.7. The van der Waals surface area contributed by atoms with Gasteiger partial charge in [-0.05, 0) is 111 Å². The fraction of sp³-hybridized carbons (Fsp3) is 0.132. The van der Waals surface area contributed by atoms with E-state index in [4.69, 9.17) is 9.72 Å². The molecule has 0 unspecified atom stereocenters. The minimum atomic E-state index is -1.22. The van der Waals surface area contributed by atoms with Crippen LogP contribution in [0, 0.1) is 34.9 Å². The molecule has 0 atom stereocenters. The minimum Gasteiger partial charge on any atom is -0.457 e. The summed E-state index contributed by atoms with van der Waals surface area (Å²) in [6, 6.07) is 55.2. The van der Waals surface area contributed by atoms with Crippen molar-refractivity contribution in [1.82, 2.24) is 9.55 Å². The van der Waals surface area contributed by atoms with Crippen LogP contribution in [0.15, 0.2) is 194 Å². The van der Waals surface area contributed by atoms with Crippen LogP contribution in [0.5, 0.6) is 11.5 Å². The molecule has 0 fully saturated rings. The van der Waals surface area contributed by atoms with Gasteiger partial charge in [-0.2, -0.15) is 0 Å². The number of hydrogen-bond acceptors (Lipinski definition) is 4. The summed E-state index contributed by atoms with van der Waals surface area (Å²) in [5, 5.41) is 2.07. The number of hydrogen-bond donors (Lipinski definition) is 0. The molecule has 1 aliphatic rings. The van der Waals surface area contributed by atoms with E-state index in [-0.39, 0.29) is 28.9 Å². The molecule has 79 heavy (non-hydrogen) atoms. The molecule has 0 aliphatic carbocycles. The highest BCUT2D eigenvalue weighted by Gasteiger charge is 2.36. The first-order valence-electron chi connectivity index (χ1n) is 26.0. The Labute approximate surface area is 454 Å². The topological polar surface area (TPSA) is 33.5 Å². The van der Waals surface area contributed by atoms with E-state index in [1.807, 2.05) is 135 Å². The van der Waals surface area contributed by atoms with E-state index in [0.717, 1.165) is 55.4 Å². The number of anilines is 4. The lowest BCUT2D eigenvalue weighted by Gasteiger charge is -2.30. The Bertz CT molecular complexity index is 4090. The van der Waals surface area contributed by atoms with Crippen LogP contribution in [0.4, 0.5) is 49.1 Å². The van der Waals surface area contributed by atoms with Gasteiger partial charge in [-0.15, -0.1) is 0 Å². The highest BCUT2D eigenvalue weighted by atomic mass is 19.2. The van der Waals surface area contributed by atoms with Gasteiger partial charge in [-0.25, -0.2) is 31.3 Å². The molecule has 3 heterocycles. The average Bonchev–Trinajstić information content (AvgIpc) is 3.96. The van der Waals surface area contributed by atoms with Crippen molar-refractivity contribution in [2.45, 2.75) is 52.4 Å². The summed E-state index contributed by atoms with van der Waals surface area (Å²) in [4.78, 5) is 8.61. The number of pyridine rings is 1. The van der Waals surface area contributed by atoms with Crippen molar-refractivity contribution >= 4 is 44.6 Å². The predicted octanol–water partition coefficient (Wildman–Crippen LogP) is 19.3. The summed E-state index contributed by atoms with van der Waals surface area (Å²) >= 11 is 0. The highest BCUT2D eigenvalue weighted by Crippen LogP contribution is 2.54. The second kappa shape index (κ2) is 19.4. The Hall–Kier alpha value is -9.09. The van der Waals surface area contributed by atoms with Gasteiger partial charge in [0.1, 0.15) is 58.9 Å². The van der Waals surface area contributed by atoms with E-state index in [1.165, 1.54) is 0 Å². The van der Waals surface area contributed by atoms with Crippen molar-refractivity contribution < 1.29 is 31.1 Å². The molecule has 11 aromatic rings. The largest absolute Gasteiger partial charge is 0.457 e. The summed E-state index contributed by atoms with van der Waals surface area (Å²) < 4.78 is 104. The SMILES string of the molecule is CC(C)(C)c1ccnc(-n2c3ccccc3c3ccc(Oc4cc(-c5ccccc5-c5ccccc5)cc(N5CN(c6c(-c7c(F)cc(F)cc7F)cc(C(C)(C)C)cc6-c6c(F)cc(F)cc6F)c6ccccc65)c4)cc32)c1. The molecule has 0 saturated carbocycles. The molecule has 5 nitrogen and oxygen atoms in total. The Kier molecular flexibility index (Phi) is 12.5. The molecular weight excluding hydrogens is 1000 g/mol. The smallest absolute Gasteiger partial charge is 0.137 e. The molecule has 0 amide bonds. The maximum atomic E-state index is 16.4. The monoisotopic (exact) mass is 1050 g/mol. The third-order valence-corrected chi connectivity index (χ3v) is 14.8. The van der Waals surface area contributed by atoms with Gasteiger partial charge >= 0.3 is 0 Å². The number of halogens is 6. The summed E-state index contributed by atoms with van der Waals surface area (Å²) in [6.07, 6.45) is 1.84. The second-order valence-electron chi connectivity index (χ2n) is 22.1. The van der Waals surface area contributed by atoms with Crippen molar-refractivity contribution in [1.29, 1.82) is 0 Å². The van der Waals surface area contributed by atoms with Crippen LogP contribution in [0.25, 0.3) is 72.1 Å². The average molecular weight is 1060 g/mol. The van der Waals surface area contributed by atoms with E-state index >= 15 is 17.6 Å². The molecule has 0 saturated heterocycles. The van der Waals surface area contributed by atoms with Gasteiger partial charge in [-0.1, -0.05) is 126 Å². The van der Waals surface area contributed by atoms with Gasteiger partial charge in [0.2, 0.25) is 0 Å². The van der Waals surface area contributed by atoms with E-state index in [0.29, 0.717) is 58.4 Å². The van der Waals surface area contributed by atoms with Crippen molar-refractivity contribution in [2.24, 2.45) is 0 Å². The molecule has 392 valence electrons. The van der Waals surface area contributed by atoms with Crippen LogP contribution in [0.1, 0.15) is 52.7 Å². The third-order valence-electron chi connectivity index (χ3n) is 14.8. The summed E-state index contributed by atoms with van der Waals surface area (Å²) in [5.41, 5.74) is 6.62. The van der Waals surface area contributed by atoms with Crippen LogP contribution in [-0.4, -0.2) is 16.2 Å². The number of aromatic nitrogens is 2. The Morgan fingerprint density at radius 3 is 1.59 bits per heavy atom. The molecule has 0 bridgehead atoms. The fourth-order valence-electron chi connectivity index (χ4n) is 10.9. The molecule has 9 aromatic carbocycles. The zero-order valence-corrected chi connectivity index (χ0v) is 44.1. The normalized spacial score (nSPS) is 12.7. The highest BCUT2D eigenvalue weighted by molar-refractivity contribution is 6.09. The lowest BCUT2D eigenvalue weighted by Crippen LogP contribution is -2.26. The lowest BCUT2D eigenvalue weighted by atomic mass is 9.81. The van der Waals surface area contributed by atoms with Crippen LogP contribution < -0.4 is 14.5 Å². The van der Waals surface area contributed by atoms with Gasteiger partial charge in [-0.3, -0.25) is 4.57 Å². The standard InChI is InChI=1S/C68H52F6N4O/c1-67(2,3)42-26-27-75-63(32-42)78-59-21-13-12-20-51(59)52-25-24-47(38-62(52)78)79-48-29-41(50-19-11-10-18-49(50)40-16-8-7-9-17-40)28-46(37-48)76-39-77(61-23-15-14-22-60(61)76)66-53(64-55(71)33-44(69)34-56(64)72)30-43(68(4,5)6)31-54(66)65-57(73)35-45(70)36-58(65)74/h7-38H,39H2,1-6H3. The number of benzene rings is 9. The van der Waals surface area contributed by atoms with Crippen LogP contribution >= 0.6 is 0 Å². The quantitative estimate of drug-likeness (QED) is 0.135. The molecule has 1 aliphatic heterocycles. The third kappa shape index (κ3) is 9.22. The molecule has 0 spiro atoms. The van der Waals surface area contributed by atoms with E-state index in [9.17, 15) is 8.78 Å². The molecule has 0 N–H and O–H groups in total. The van der Waals surface area contributed by atoms with Crippen molar-refractivity contribution in [3.63, 3.8) is 0 Å². The summed E-state index contributed by atoms with van der Waals surface area (Å²) in [7, 11) is 0. The van der Waals surface area contributed by atoms with E-state index in [2.05, 4.69) is 67.8 Å². The van der Waals surface area contributed by atoms with E-state index < -0.39 is 51.4 Å². The van der Waals surface area contributed by atoms with E-state index in [1.54, 1.807) is 23.1 Å². The number of rotatable bonds is 9. The molecular formula is C68H52F6N4O. The maximum Gasteiger partial charge on any atom is 0.137 e. The molecule has 12 rings (SSSR count). The number of ether oxygens (including phenoxy) is 1. The molecule has 2 aromatic heterocycles. The second-order valence-corrected chi connectivity index (χ2v) is 22.1. The minimum absolute atomic E-state index is 0.00466. The molecule has 11 heteroatoms. The van der Waals surface area contributed by atoms with Crippen LogP contribution in [0.2, 0.25) is 0 Å². The fourth-order valence-corrected chi connectivity index (χ4v) is 10.9. The van der Waals surface area contributed by atoms with Crippen LogP contribution in [-0.2, 0) is 10.8 Å². The summed E-state index contributed by atoms with van der Waals surface area (Å²) in [6.45, 7) is 12.0.